The lowest BCUT2D eigenvalue weighted by molar-refractivity contribution is 0.0957. The van der Waals surface area contributed by atoms with Crippen molar-refractivity contribution in [3.63, 3.8) is 0 Å². The molecule has 1 N–H and O–H groups in total. The van der Waals surface area contributed by atoms with Gasteiger partial charge >= 0.3 is 0 Å². The number of fused-ring (bicyclic) bond motifs is 1. The highest BCUT2D eigenvalue weighted by Crippen LogP contribution is 2.09. The van der Waals surface area contributed by atoms with Gasteiger partial charge in [-0.05, 0) is 36.9 Å². The molecule has 0 aliphatic rings. The Labute approximate surface area is 137 Å². The monoisotopic (exact) mass is 327 g/mol. The van der Waals surface area contributed by atoms with Gasteiger partial charge in [0.25, 0.3) is 11.5 Å². The van der Waals surface area contributed by atoms with Crippen LogP contribution in [-0.4, -0.2) is 22.0 Å². The number of hydrogen-bond donors (Lipinski definition) is 1. The van der Waals surface area contributed by atoms with E-state index in [2.05, 4.69) is 10.3 Å². The van der Waals surface area contributed by atoms with Crippen molar-refractivity contribution in [2.45, 2.75) is 19.9 Å². The minimum atomic E-state index is -0.0688. The largest absolute Gasteiger partial charge is 0.351 e. The van der Waals surface area contributed by atoms with E-state index in [1.165, 1.54) is 11.3 Å². The van der Waals surface area contributed by atoms with Gasteiger partial charge in [-0.25, -0.2) is 4.98 Å². The summed E-state index contributed by atoms with van der Waals surface area (Å²) < 4.78 is 1.67. The van der Waals surface area contributed by atoms with Gasteiger partial charge in [0.15, 0.2) is 0 Å². The van der Waals surface area contributed by atoms with Crippen molar-refractivity contribution in [3.05, 3.63) is 62.8 Å². The standard InChI is InChI=1S/C17H17N3O2S/c1-12-19-14-7-3-2-6-13(14)17(22)20(12)10-5-9-18-16(21)15-8-4-11-23-15/h2-4,6-8,11H,5,9-10H2,1H3,(H,18,21). The van der Waals surface area contributed by atoms with Gasteiger partial charge in [0.2, 0.25) is 0 Å². The molecule has 6 heteroatoms. The van der Waals surface area contributed by atoms with E-state index >= 15 is 0 Å². The Kier molecular flexibility index (Phi) is 4.52. The molecule has 0 aliphatic heterocycles. The zero-order valence-electron chi connectivity index (χ0n) is 12.8. The molecule has 23 heavy (non-hydrogen) atoms. The Hall–Kier alpha value is -2.47. The summed E-state index contributed by atoms with van der Waals surface area (Å²) in [6, 6.07) is 11.0. The molecule has 5 nitrogen and oxygen atoms in total. The molecule has 118 valence electrons. The van der Waals surface area contributed by atoms with Crippen molar-refractivity contribution < 1.29 is 4.79 Å². The molecule has 0 unspecified atom stereocenters. The predicted molar refractivity (Wildman–Crippen MR) is 92.0 cm³/mol. The average Bonchev–Trinajstić information content (AvgIpc) is 3.08. The maximum atomic E-state index is 12.5. The molecule has 1 amide bonds. The summed E-state index contributed by atoms with van der Waals surface area (Å²) in [5, 5.41) is 5.37. The third-order valence-corrected chi connectivity index (χ3v) is 4.51. The fourth-order valence-electron chi connectivity index (χ4n) is 2.48. The Bertz CT molecular complexity index is 884. The molecular weight excluding hydrogens is 310 g/mol. The van der Waals surface area contributed by atoms with Crippen molar-refractivity contribution in [3.8, 4) is 0 Å². The van der Waals surface area contributed by atoms with Crippen molar-refractivity contribution in [1.29, 1.82) is 0 Å². The molecule has 0 fully saturated rings. The highest BCUT2D eigenvalue weighted by molar-refractivity contribution is 7.12. The molecular formula is C17H17N3O2S. The summed E-state index contributed by atoms with van der Waals surface area (Å²) in [6.45, 7) is 2.89. The lowest BCUT2D eigenvalue weighted by atomic mass is 10.2. The van der Waals surface area contributed by atoms with Gasteiger partial charge in [0.05, 0.1) is 15.8 Å². The summed E-state index contributed by atoms with van der Waals surface area (Å²) in [5.41, 5.74) is 0.690. The number of nitrogens with one attached hydrogen (secondary N) is 1. The second kappa shape index (κ2) is 6.75. The molecule has 1 aromatic carbocycles. The van der Waals surface area contributed by atoms with Crippen LogP contribution < -0.4 is 10.9 Å². The number of aryl methyl sites for hydroxylation is 1. The molecule has 3 rings (SSSR count). The summed E-state index contributed by atoms with van der Waals surface area (Å²) in [5.74, 6) is 0.624. The molecule has 0 atom stereocenters. The second-order valence-electron chi connectivity index (χ2n) is 5.22. The zero-order chi connectivity index (χ0) is 16.2. The van der Waals surface area contributed by atoms with Gasteiger partial charge in [0, 0.05) is 13.1 Å². The van der Waals surface area contributed by atoms with Crippen LogP contribution in [0.4, 0.5) is 0 Å². The Balaban J connectivity index is 1.66. The number of carbonyl (C=O) groups is 1. The third-order valence-electron chi connectivity index (χ3n) is 3.64. The minimum absolute atomic E-state index is 0.0299. The van der Waals surface area contributed by atoms with Crippen LogP contribution in [0.15, 0.2) is 46.6 Å². The predicted octanol–water partition coefficient (Wildman–Crippen LogP) is 2.59. The van der Waals surface area contributed by atoms with Crippen LogP contribution in [0.5, 0.6) is 0 Å². The summed E-state index contributed by atoms with van der Waals surface area (Å²) in [6.07, 6.45) is 0.678. The number of amides is 1. The molecule has 2 aromatic heterocycles. The SMILES string of the molecule is Cc1nc2ccccc2c(=O)n1CCCNC(=O)c1cccs1. The fourth-order valence-corrected chi connectivity index (χ4v) is 3.12. The molecule has 0 radical (unpaired) electrons. The average molecular weight is 327 g/mol. The van der Waals surface area contributed by atoms with Gasteiger partial charge in [-0.1, -0.05) is 18.2 Å². The van der Waals surface area contributed by atoms with Gasteiger partial charge < -0.3 is 5.32 Å². The molecule has 0 aliphatic carbocycles. The van der Waals surface area contributed by atoms with Gasteiger partial charge in [-0.15, -0.1) is 11.3 Å². The number of para-hydroxylation sites is 1. The number of aromatic nitrogens is 2. The first kappa shape index (κ1) is 15.4. The highest BCUT2D eigenvalue weighted by atomic mass is 32.1. The number of hydrogen-bond acceptors (Lipinski definition) is 4. The summed E-state index contributed by atoms with van der Waals surface area (Å²) >= 11 is 1.41. The van der Waals surface area contributed by atoms with E-state index in [0.29, 0.717) is 35.6 Å². The summed E-state index contributed by atoms with van der Waals surface area (Å²) in [7, 11) is 0. The lowest BCUT2D eigenvalue weighted by Gasteiger charge is -2.11. The van der Waals surface area contributed by atoms with Crippen LogP contribution >= 0.6 is 11.3 Å². The van der Waals surface area contributed by atoms with Crippen molar-refractivity contribution >= 4 is 28.1 Å². The fraction of sp³-hybridized carbons (Fsp3) is 0.235. The minimum Gasteiger partial charge on any atom is -0.351 e. The van der Waals surface area contributed by atoms with Gasteiger partial charge in [-0.2, -0.15) is 0 Å². The molecule has 3 aromatic rings. The summed E-state index contributed by atoms with van der Waals surface area (Å²) in [4.78, 5) is 29.5. The molecule has 0 spiro atoms. The molecule has 0 saturated carbocycles. The quantitative estimate of drug-likeness (QED) is 0.733. The highest BCUT2D eigenvalue weighted by Gasteiger charge is 2.08. The van der Waals surface area contributed by atoms with Crippen molar-refractivity contribution in [1.82, 2.24) is 14.9 Å². The third kappa shape index (κ3) is 3.32. The van der Waals surface area contributed by atoms with E-state index < -0.39 is 0 Å². The maximum Gasteiger partial charge on any atom is 0.261 e. The second-order valence-corrected chi connectivity index (χ2v) is 6.17. The first-order valence-corrected chi connectivity index (χ1v) is 8.32. The van der Waals surface area contributed by atoms with Crippen LogP contribution in [0.3, 0.4) is 0 Å². The smallest absolute Gasteiger partial charge is 0.261 e. The number of benzene rings is 1. The van der Waals surface area contributed by atoms with Crippen LogP contribution in [0.1, 0.15) is 21.9 Å². The molecule has 0 bridgehead atoms. The van der Waals surface area contributed by atoms with Crippen LogP contribution in [0, 0.1) is 6.92 Å². The zero-order valence-corrected chi connectivity index (χ0v) is 13.6. The number of rotatable bonds is 5. The normalized spacial score (nSPS) is 10.8. The van der Waals surface area contributed by atoms with Crippen molar-refractivity contribution in [2.75, 3.05) is 6.54 Å². The van der Waals surface area contributed by atoms with E-state index in [0.717, 1.165) is 5.52 Å². The van der Waals surface area contributed by atoms with Gasteiger partial charge in [0.1, 0.15) is 5.82 Å². The number of thiophene rings is 1. The van der Waals surface area contributed by atoms with E-state index in [4.69, 9.17) is 0 Å². The van der Waals surface area contributed by atoms with Gasteiger partial charge in [-0.3, -0.25) is 14.2 Å². The molecule has 0 saturated heterocycles. The van der Waals surface area contributed by atoms with E-state index in [9.17, 15) is 9.59 Å². The van der Waals surface area contributed by atoms with Crippen LogP contribution in [0.25, 0.3) is 10.9 Å². The van der Waals surface area contributed by atoms with Crippen molar-refractivity contribution in [2.24, 2.45) is 0 Å². The lowest BCUT2D eigenvalue weighted by Crippen LogP contribution is -2.28. The Morgan fingerprint density at radius 1 is 1.26 bits per heavy atom. The van der Waals surface area contributed by atoms with Crippen LogP contribution in [0.2, 0.25) is 0 Å². The van der Waals surface area contributed by atoms with E-state index in [1.807, 2.05) is 36.6 Å². The maximum absolute atomic E-state index is 12.5. The van der Waals surface area contributed by atoms with Crippen LogP contribution in [-0.2, 0) is 6.54 Å². The first-order chi connectivity index (χ1) is 11.2. The van der Waals surface area contributed by atoms with E-state index in [-0.39, 0.29) is 11.5 Å². The molecule has 2 heterocycles. The topological polar surface area (TPSA) is 64.0 Å². The Morgan fingerprint density at radius 3 is 2.87 bits per heavy atom. The van der Waals surface area contributed by atoms with E-state index in [1.54, 1.807) is 16.7 Å². The Morgan fingerprint density at radius 2 is 2.09 bits per heavy atom. The number of carbonyl (C=O) groups excluding carboxylic acids is 1. The number of nitrogens with zero attached hydrogens (tertiary/aromatic N) is 2. The first-order valence-electron chi connectivity index (χ1n) is 7.44.